The SMILES string of the molecule is CCC(C(N)=NO)N(C)C1CCC(C)(C)CC1. The minimum Gasteiger partial charge on any atom is -0.409 e. The molecule has 17 heavy (non-hydrogen) atoms. The summed E-state index contributed by atoms with van der Waals surface area (Å²) in [6, 6.07) is 0.625. The van der Waals surface area contributed by atoms with E-state index >= 15 is 0 Å². The molecule has 0 heterocycles. The zero-order chi connectivity index (χ0) is 13.1. The lowest BCUT2D eigenvalue weighted by Crippen LogP contribution is -2.49. The third kappa shape index (κ3) is 3.60. The van der Waals surface area contributed by atoms with Crippen LogP contribution >= 0.6 is 0 Å². The Morgan fingerprint density at radius 1 is 1.47 bits per heavy atom. The summed E-state index contributed by atoms with van der Waals surface area (Å²) in [4.78, 5) is 2.28. The maximum atomic E-state index is 8.80. The number of hydrogen-bond donors (Lipinski definition) is 2. The molecule has 0 bridgehead atoms. The maximum Gasteiger partial charge on any atom is 0.156 e. The summed E-state index contributed by atoms with van der Waals surface area (Å²) >= 11 is 0. The molecule has 0 amide bonds. The Balaban J connectivity index is 2.61. The minimum atomic E-state index is 0.0613. The van der Waals surface area contributed by atoms with Crippen LogP contribution in [0.2, 0.25) is 0 Å². The van der Waals surface area contributed by atoms with Gasteiger partial charge in [0.05, 0.1) is 6.04 Å². The predicted molar refractivity (Wildman–Crippen MR) is 71.3 cm³/mol. The molecular formula is C13H27N3O. The van der Waals surface area contributed by atoms with Gasteiger partial charge in [0, 0.05) is 6.04 Å². The van der Waals surface area contributed by atoms with Crippen molar-refractivity contribution in [2.24, 2.45) is 16.3 Å². The molecule has 1 unspecified atom stereocenters. The Hall–Kier alpha value is -0.770. The fraction of sp³-hybridized carbons (Fsp3) is 0.923. The van der Waals surface area contributed by atoms with E-state index < -0.39 is 0 Å². The highest BCUT2D eigenvalue weighted by Gasteiger charge is 2.31. The van der Waals surface area contributed by atoms with Gasteiger partial charge >= 0.3 is 0 Å². The highest BCUT2D eigenvalue weighted by molar-refractivity contribution is 5.85. The second kappa shape index (κ2) is 5.71. The molecular weight excluding hydrogens is 214 g/mol. The molecule has 1 aliphatic carbocycles. The van der Waals surface area contributed by atoms with Gasteiger partial charge in [-0.05, 0) is 44.6 Å². The molecule has 0 aliphatic heterocycles. The van der Waals surface area contributed by atoms with Gasteiger partial charge in [0.15, 0.2) is 5.84 Å². The molecule has 0 spiro atoms. The zero-order valence-corrected chi connectivity index (χ0v) is 11.6. The van der Waals surface area contributed by atoms with Crippen LogP contribution in [0.5, 0.6) is 0 Å². The first-order valence-corrected chi connectivity index (χ1v) is 6.60. The van der Waals surface area contributed by atoms with Crippen LogP contribution in [0.15, 0.2) is 5.16 Å². The van der Waals surface area contributed by atoms with E-state index in [4.69, 9.17) is 10.9 Å². The average molecular weight is 241 g/mol. The van der Waals surface area contributed by atoms with Crippen molar-refractivity contribution in [3.8, 4) is 0 Å². The summed E-state index contributed by atoms with van der Waals surface area (Å²) in [6.45, 7) is 6.75. The number of amidine groups is 1. The molecule has 0 radical (unpaired) electrons. The second-order valence-corrected chi connectivity index (χ2v) is 6.01. The number of hydrogen-bond acceptors (Lipinski definition) is 3. The van der Waals surface area contributed by atoms with Gasteiger partial charge < -0.3 is 10.9 Å². The molecule has 1 fully saturated rings. The van der Waals surface area contributed by atoms with Gasteiger partial charge in [-0.25, -0.2) is 0 Å². The van der Waals surface area contributed by atoms with Crippen molar-refractivity contribution in [2.75, 3.05) is 7.05 Å². The molecule has 1 rings (SSSR count). The molecule has 0 aromatic carbocycles. The summed E-state index contributed by atoms with van der Waals surface area (Å²) < 4.78 is 0. The van der Waals surface area contributed by atoms with Crippen LogP contribution in [0.1, 0.15) is 52.9 Å². The van der Waals surface area contributed by atoms with E-state index in [1.807, 2.05) is 0 Å². The molecule has 1 atom stereocenters. The van der Waals surface area contributed by atoms with Gasteiger partial charge in [-0.2, -0.15) is 0 Å². The van der Waals surface area contributed by atoms with Crippen LogP contribution in [0.25, 0.3) is 0 Å². The summed E-state index contributed by atoms with van der Waals surface area (Å²) in [7, 11) is 2.09. The average Bonchev–Trinajstić information content (AvgIpc) is 2.29. The largest absolute Gasteiger partial charge is 0.409 e. The van der Waals surface area contributed by atoms with Crippen molar-refractivity contribution in [2.45, 2.75) is 65.0 Å². The Bertz CT molecular complexity index is 266. The normalized spacial score (nSPS) is 23.9. The number of oxime groups is 1. The fourth-order valence-corrected chi connectivity index (χ4v) is 2.82. The highest BCUT2D eigenvalue weighted by atomic mass is 16.4. The molecule has 3 N–H and O–H groups in total. The lowest BCUT2D eigenvalue weighted by atomic mass is 9.75. The van der Waals surface area contributed by atoms with Crippen molar-refractivity contribution in [1.82, 2.24) is 4.90 Å². The number of rotatable bonds is 4. The smallest absolute Gasteiger partial charge is 0.156 e. The quantitative estimate of drug-likeness (QED) is 0.344. The van der Waals surface area contributed by atoms with Gasteiger partial charge in [0.25, 0.3) is 0 Å². The summed E-state index contributed by atoms with van der Waals surface area (Å²) in [5, 5.41) is 12.0. The van der Waals surface area contributed by atoms with E-state index in [-0.39, 0.29) is 6.04 Å². The fourth-order valence-electron chi connectivity index (χ4n) is 2.82. The van der Waals surface area contributed by atoms with Crippen LogP contribution in [0, 0.1) is 5.41 Å². The maximum absolute atomic E-state index is 8.80. The second-order valence-electron chi connectivity index (χ2n) is 6.01. The van der Waals surface area contributed by atoms with Crippen LogP contribution in [0.4, 0.5) is 0 Å². The Morgan fingerprint density at radius 2 is 2.00 bits per heavy atom. The number of nitrogens with zero attached hydrogens (tertiary/aromatic N) is 2. The van der Waals surface area contributed by atoms with Crippen LogP contribution < -0.4 is 5.73 Å². The minimum absolute atomic E-state index is 0.0613. The Morgan fingerprint density at radius 3 is 2.41 bits per heavy atom. The lowest BCUT2D eigenvalue weighted by Gasteiger charge is -2.41. The van der Waals surface area contributed by atoms with Gasteiger partial charge in [0.2, 0.25) is 0 Å². The summed E-state index contributed by atoms with van der Waals surface area (Å²) in [5.74, 6) is 0.333. The first kappa shape index (κ1) is 14.3. The van der Waals surface area contributed by atoms with Crippen molar-refractivity contribution in [3.05, 3.63) is 0 Å². The van der Waals surface area contributed by atoms with E-state index in [2.05, 4.69) is 37.9 Å². The zero-order valence-electron chi connectivity index (χ0n) is 11.6. The monoisotopic (exact) mass is 241 g/mol. The third-order valence-electron chi connectivity index (χ3n) is 4.22. The molecule has 4 heteroatoms. The molecule has 1 aliphatic rings. The van der Waals surface area contributed by atoms with Gasteiger partial charge in [-0.1, -0.05) is 25.9 Å². The molecule has 0 aromatic heterocycles. The van der Waals surface area contributed by atoms with E-state index in [1.54, 1.807) is 0 Å². The summed E-state index contributed by atoms with van der Waals surface area (Å²) in [5.41, 5.74) is 6.23. The number of likely N-dealkylation sites (N-methyl/N-ethyl adjacent to an activating group) is 1. The van der Waals surface area contributed by atoms with Crippen molar-refractivity contribution < 1.29 is 5.21 Å². The topological polar surface area (TPSA) is 61.9 Å². The third-order valence-corrected chi connectivity index (χ3v) is 4.22. The molecule has 0 saturated heterocycles. The van der Waals surface area contributed by atoms with E-state index in [1.165, 1.54) is 25.7 Å². The first-order chi connectivity index (χ1) is 7.91. The Labute approximate surface area is 105 Å². The molecule has 1 saturated carbocycles. The number of nitrogens with two attached hydrogens (primary N) is 1. The van der Waals surface area contributed by atoms with Gasteiger partial charge in [-0.3, -0.25) is 4.90 Å². The summed E-state index contributed by atoms with van der Waals surface area (Å²) in [6.07, 6.45) is 5.81. The lowest BCUT2D eigenvalue weighted by molar-refractivity contribution is 0.111. The van der Waals surface area contributed by atoms with Crippen LogP contribution in [0.3, 0.4) is 0 Å². The van der Waals surface area contributed by atoms with Crippen LogP contribution in [-0.4, -0.2) is 35.1 Å². The predicted octanol–water partition coefficient (Wildman–Crippen LogP) is 2.41. The van der Waals surface area contributed by atoms with Gasteiger partial charge in [0.1, 0.15) is 0 Å². The molecule has 4 nitrogen and oxygen atoms in total. The van der Waals surface area contributed by atoms with Crippen LogP contribution in [-0.2, 0) is 0 Å². The van der Waals surface area contributed by atoms with E-state index in [9.17, 15) is 0 Å². The highest BCUT2D eigenvalue weighted by Crippen LogP contribution is 2.37. The first-order valence-electron chi connectivity index (χ1n) is 6.60. The van der Waals surface area contributed by atoms with Gasteiger partial charge in [-0.15, -0.1) is 0 Å². The van der Waals surface area contributed by atoms with E-state index in [0.717, 1.165) is 6.42 Å². The standard InChI is InChI=1S/C13H27N3O/c1-5-11(12(14)15-17)16(4)10-6-8-13(2,3)9-7-10/h10-11,17H,5-9H2,1-4H3,(H2,14,15). The Kier molecular flexibility index (Phi) is 4.80. The molecule has 100 valence electrons. The molecule has 0 aromatic rings. The van der Waals surface area contributed by atoms with Crippen molar-refractivity contribution in [3.63, 3.8) is 0 Å². The van der Waals surface area contributed by atoms with Crippen molar-refractivity contribution in [1.29, 1.82) is 0 Å². The van der Waals surface area contributed by atoms with Crippen molar-refractivity contribution >= 4 is 5.84 Å². The van der Waals surface area contributed by atoms with E-state index in [0.29, 0.717) is 17.3 Å².